The van der Waals surface area contributed by atoms with Crippen LogP contribution in [0.4, 0.5) is 23.4 Å². The lowest BCUT2D eigenvalue weighted by Gasteiger charge is -2.14. The number of para-hydroxylation sites is 1. The number of hydrogen-bond donors (Lipinski definition) is 1. The number of hydrogen-bond acceptors (Lipinski definition) is 8. The van der Waals surface area contributed by atoms with Crippen LogP contribution in [0.15, 0.2) is 60.4 Å². The minimum Gasteiger partial charge on any atom is -0.487 e. The first-order valence-electron chi connectivity index (χ1n) is 13.8. The molecule has 9 nitrogen and oxygen atoms in total. The molecule has 0 amide bonds. The normalized spacial score (nSPS) is 12.7. The lowest BCUT2D eigenvalue weighted by atomic mass is 10.0. The number of nitrogen functional groups attached to an aromatic ring is 1. The maximum absolute atomic E-state index is 14.0. The highest BCUT2D eigenvalue weighted by Crippen LogP contribution is 2.35. The number of benzene rings is 2. The molecule has 0 saturated heterocycles. The van der Waals surface area contributed by atoms with Gasteiger partial charge in [-0.3, -0.25) is 9.18 Å². The summed E-state index contributed by atoms with van der Waals surface area (Å²) in [5.74, 6) is -1.79. The number of rotatable bonds is 13. The van der Waals surface area contributed by atoms with Crippen LogP contribution in [0.5, 0.6) is 17.4 Å². The van der Waals surface area contributed by atoms with Crippen molar-refractivity contribution in [3.8, 4) is 23.1 Å². The van der Waals surface area contributed by atoms with E-state index in [-0.39, 0.29) is 47.2 Å². The second-order valence-corrected chi connectivity index (χ2v) is 12.6. The van der Waals surface area contributed by atoms with Gasteiger partial charge in [0.25, 0.3) is 6.43 Å². The van der Waals surface area contributed by atoms with Crippen LogP contribution < -0.4 is 15.2 Å². The third kappa shape index (κ3) is 7.17. The number of Topliss-reactive ketones (excluding diaryl/α,β-unsaturated/α-hetero) is 1. The summed E-state index contributed by atoms with van der Waals surface area (Å²) in [5.41, 5.74) is 9.09. The zero-order chi connectivity index (χ0) is 32.3. The van der Waals surface area contributed by atoms with E-state index in [2.05, 4.69) is 10.1 Å². The highest BCUT2D eigenvalue weighted by molar-refractivity contribution is 7.90. The maximum atomic E-state index is 14.0. The second kappa shape index (κ2) is 13.1. The van der Waals surface area contributed by atoms with Crippen LogP contribution in [0.3, 0.4) is 0 Å². The average molecular weight is 645 g/mol. The third-order valence-corrected chi connectivity index (χ3v) is 8.70. The molecule has 0 fully saturated rings. The van der Waals surface area contributed by atoms with Gasteiger partial charge in [0.2, 0.25) is 5.88 Å². The van der Waals surface area contributed by atoms with Gasteiger partial charge in [0.05, 0.1) is 41.8 Å². The Labute approximate surface area is 256 Å². The lowest BCUT2D eigenvalue weighted by Crippen LogP contribution is -2.13. The van der Waals surface area contributed by atoms with Crippen molar-refractivity contribution in [3.05, 3.63) is 94.1 Å². The minimum absolute atomic E-state index is 0.00715. The molecule has 0 spiro atoms. The SMILES string of the molecule is Cc1cc(Oc2ccccc2F)ncc1-n1ncc(C(=O)C2=Cc3cc(OCC(F)F)c(CS(=O)(=O)CCCF)cc3C2)c1N. The quantitative estimate of drug-likeness (QED) is 0.142. The Morgan fingerprint density at radius 2 is 1.91 bits per heavy atom. The summed E-state index contributed by atoms with van der Waals surface area (Å²) in [6.45, 7) is -0.0162. The van der Waals surface area contributed by atoms with E-state index < -0.39 is 52.7 Å². The van der Waals surface area contributed by atoms with E-state index in [1.54, 1.807) is 25.1 Å². The number of anilines is 1. The zero-order valence-electron chi connectivity index (χ0n) is 24.0. The predicted octanol–water partition coefficient (Wildman–Crippen LogP) is 5.83. The molecule has 2 aromatic heterocycles. The van der Waals surface area contributed by atoms with E-state index in [0.29, 0.717) is 28.0 Å². The van der Waals surface area contributed by atoms with Gasteiger partial charge in [-0.2, -0.15) is 5.10 Å². The van der Waals surface area contributed by atoms with Gasteiger partial charge < -0.3 is 15.2 Å². The number of halogens is 4. The zero-order valence-corrected chi connectivity index (χ0v) is 24.8. The van der Waals surface area contributed by atoms with E-state index >= 15 is 0 Å². The van der Waals surface area contributed by atoms with Crippen molar-refractivity contribution in [1.82, 2.24) is 14.8 Å². The highest BCUT2D eigenvalue weighted by atomic mass is 32.2. The summed E-state index contributed by atoms with van der Waals surface area (Å²) in [7, 11) is -3.75. The molecule has 1 aliphatic rings. The van der Waals surface area contributed by atoms with Gasteiger partial charge in [-0.1, -0.05) is 18.2 Å². The van der Waals surface area contributed by atoms with Crippen LogP contribution in [0.1, 0.15) is 39.0 Å². The summed E-state index contributed by atoms with van der Waals surface area (Å²) < 4.78 is 89.5. The van der Waals surface area contributed by atoms with Crippen LogP contribution in [-0.2, 0) is 22.0 Å². The molecular weight excluding hydrogens is 616 g/mol. The number of aryl methyl sites for hydroxylation is 1. The summed E-state index contributed by atoms with van der Waals surface area (Å²) in [5, 5.41) is 4.27. The molecule has 2 aromatic carbocycles. The van der Waals surface area contributed by atoms with Crippen molar-refractivity contribution < 1.29 is 40.2 Å². The Hall–Kier alpha value is -4.72. The Balaban J connectivity index is 1.38. The molecule has 0 atom stereocenters. The summed E-state index contributed by atoms with van der Waals surface area (Å²) in [4.78, 5) is 17.8. The van der Waals surface area contributed by atoms with Crippen molar-refractivity contribution in [3.63, 3.8) is 0 Å². The molecule has 0 radical (unpaired) electrons. The first kappa shape index (κ1) is 31.7. The number of carbonyl (C=O) groups excluding carboxylic acids is 1. The summed E-state index contributed by atoms with van der Waals surface area (Å²) >= 11 is 0. The van der Waals surface area contributed by atoms with E-state index in [1.165, 1.54) is 47.4 Å². The molecule has 5 rings (SSSR count). The van der Waals surface area contributed by atoms with Gasteiger partial charge in [-0.15, -0.1) is 0 Å². The number of sulfone groups is 1. The molecule has 2 heterocycles. The Bertz CT molecular complexity index is 1890. The topological polar surface area (TPSA) is 126 Å². The molecule has 45 heavy (non-hydrogen) atoms. The molecule has 236 valence electrons. The largest absolute Gasteiger partial charge is 0.487 e. The van der Waals surface area contributed by atoms with Crippen LogP contribution in [0.2, 0.25) is 0 Å². The van der Waals surface area contributed by atoms with Gasteiger partial charge in [0.1, 0.15) is 18.2 Å². The first-order valence-corrected chi connectivity index (χ1v) is 15.6. The van der Waals surface area contributed by atoms with Crippen LogP contribution in [0.25, 0.3) is 11.8 Å². The monoisotopic (exact) mass is 644 g/mol. The standard InChI is InChI=1S/C31H28F4N4O5S/c1-18-9-29(44-26-6-3-2-5-24(26)33)37-15-25(18)39-31(36)23(14-38-39)30(40)21-10-19-12-22(17-45(41,42)8-4-7-32)27(13-20(19)11-21)43-16-28(34)35/h2-3,5-6,9,11-15,28H,4,7-8,10,16-17,36H2,1H3. The van der Waals surface area contributed by atoms with Gasteiger partial charge in [0.15, 0.2) is 27.2 Å². The molecular formula is C31H28F4N4O5S. The number of nitrogens with zero attached hydrogens (tertiary/aromatic N) is 3. The van der Waals surface area contributed by atoms with E-state index in [1.807, 2.05) is 0 Å². The number of pyridine rings is 1. The van der Waals surface area contributed by atoms with Crippen LogP contribution in [-0.4, -0.2) is 54.4 Å². The number of fused-ring (bicyclic) bond motifs is 1. The van der Waals surface area contributed by atoms with Crippen molar-refractivity contribution in [2.24, 2.45) is 0 Å². The number of nitrogens with two attached hydrogens (primary N) is 1. The molecule has 0 bridgehead atoms. The maximum Gasteiger partial charge on any atom is 0.272 e. The molecule has 14 heteroatoms. The molecule has 4 aromatic rings. The third-order valence-electron chi connectivity index (χ3n) is 7.04. The lowest BCUT2D eigenvalue weighted by molar-refractivity contribution is 0.0815. The smallest absolute Gasteiger partial charge is 0.272 e. The Kier molecular flexibility index (Phi) is 9.23. The molecule has 1 aliphatic carbocycles. The van der Waals surface area contributed by atoms with Crippen molar-refractivity contribution >= 4 is 27.5 Å². The number of allylic oxidation sites excluding steroid dienone is 1. The van der Waals surface area contributed by atoms with E-state index in [9.17, 15) is 30.8 Å². The molecule has 0 saturated carbocycles. The Morgan fingerprint density at radius 1 is 1.13 bits per heavy atom. The van der Waals surface area contributed by atoms with Gasteiger partial charge in [-0.05, 0) is 54.3 Å². The fourth-order valence-corrected chi connectivity index (χ4v) is 6.28. The summed E-state index contributed by atoms with van der Waals surface area (Å²) in [6, 6.07) is 10.4. The highest BCUT2D eigenvalue weighted by Gasteiger charge is 2.27. The molecule has 0 unspecified atom stereocenters. The number of aromatic nitrogens is 3. The second-order valence-electron chi connectivity index (χ2n) is 10.4. The average Bonchev–Trinajstić information content (AvgIpc) is 3.58. The number of ether oxygens (including phenoxy) is 2. The van der Waals surface area contributed by atoms with Crippen molar-refractivity contribution in [1.29, 1.82) is 0 Å². The first-order chi connectivity index (χ1) is 21.5. The van der Waals surface area contributed by atoms with Gasteiger partial charge in [-0.25, -0.2) is 31.3 Å². The fraction of sp³-hybridized carbons (Fsp3) is 0.258. The number of ketones is 1. The number of carbonyl (C=O) groups is 1. The molecule has 2 N–H and O–H groups in total. The Morgan fingerprint density at radius 3 is 2.62 bits per heavy atom. The minimum atomic E-state index is -3.75. The van der Waals surface area contributed by atoms with Crippen LogP contribution in [0, 0.1) is 12.7 Å². The van der Waals surface area contributed by atoms with E-state index in [4.69, 9.17) is 15.2 Å². The molecule has 0 aliphatic heterocycles. The van der Waals surface area contributed by atoms with Crippen LogP contribution >= 0.6 is 0 Å². The summed E-state index contributed by atoms with van der Waals surface area (Å²) in [6.07, 6.45) is 1.44. The van der Waals surface area contributed by atoms with Crippen molar-refractivity contribution in [2.75, 3.05) is 24.8 Å². The number of alkyl halides is 3. The van der Waals surface area contributed by atoms with Gasteiger partial charge in [0, 0.05) is 23.6 Å². The fourth-order valence-electron chi connectivity index (χ4n) is 4.89. The predicted molar refractivity (Wildman–Crippen MR) is 159 cm³/mol. The van der Waals surface area contributed by atoms with Gasteiger partial charge >= 0.3 is 0 Å². The van der Waals surface area contributed by atoms with Crippen molar-refractivity contribution in [2.45, 2.75) is 31.9 Å². The van der Waals surface area contributed by atoms with E-state index in [0.717, 1.165) is 0 Å².